The van der Waals surface area contributed by atoms with E-state index in [1.165, 1.54) is 0 Å². The third-order valence-corrected chi connectivity index (χ3v) is 2.13. The van der Waals surface area contributed by atoms with Gasteiger partial charge in [0.25, 0.3) is 0 Å². The van der Waals surface area contributed by atoms with Gasteiger partial charge >= 0.3 is 11.9 Å². The summed E-state index contributed by atoms with van der Waals surface area (Å²) in [6.07, 6.45) is 5.90. The van der Waals surface area contributed by atoms with E-state index >= 15 is 0 Å². The summed E-state index contributed by atoms with van der Waals surface area (Å²) < 4.78 is 4.90. The molecular weight excluding hydrogens is 320 g/mol. The maximum atomic E-state index is 9.55. The van der Waals surface area contributed by atoms with Crippen molar-refractivity contribution in [2.75, 3.05) is 33.0 Å². The molecule has 0 bridgehead atoms. The largest absolute Gasteiger partial charge is 0.478 e. The van der Waals surface area contributed by atoms with Crippen molar-refractivity contribution in [1.29, 1.82) is 0 Å². The van der Waals surface area contributed by atoms with Gasteiger partial charge in [-0.2, -0.15) is 0 Å². The van der Waals surface area contributed by atoms with Gasteiger partial charge in [-0.15, -0.1) is 13.2 Å². The number of aliphatic hydroxyl groups excluding tert-OH is 3. The molecule has 0 aromatic heterocycles. The van der Waals surface area contributed by atoms with Gasteiger partial charge in [0.1, 0.15) is 0 Å². The molecule has 0 saturated carbocycles. The van der Waals surface area contributed by atoms with E-state index in [2.05, 4.69) is 13.2 Å². The predicted octanol–water partition coefficient (Wildman–Crippen LogP) is 0.447. The van der Waals surface area contributed by atoms with E-state index in [4.69, 9.17) is 30.3 Å². The first-order valence-electron chi connectivity index (χ1n) is 7.15. The number of carbonyl (C=O) groups is 2. The Morgan fingerprint density at radius 3 is 1.58 bits per heavy atom. The Bertz CT molecular complexity index is 324. The van der Waals surface area contributed by atoms with Crippen molar-refractivity contribution in [3.8, 4) is 0 Å². The highest BCUT2D eigenvalue weighted by Gasteiger charge is 2.03. The minimum atomic E-state index is -1.26. The number of hydrogen-bond donors (Lipinski definition) is 5. The lowest BCUT2D eigenvalue weighted by molar-refractivity contribution is -0.134. The highest BCUT2D eigenvalue weighted by molar-refractivity contribution is 5.89. The van der Waals surface area contributed by atoms with Crippen LogP contribution in [0.25, 0.3) is 0 Å². The second kappa shape index (κ2) is 23.3. The molecule has 0 radical (unpaired) electrons. The molecule has 8 heteroatoms. The van der Waals surface area contributed by atoms with Crippen LogP contribution in [0.4, 0.5) is 0 Å². The maximum Gasteiger partial charge on any atom is 0.328 e. The Hall–Kier alpha value is -2.00. The third-order valence-electron chi connectivity index (χ3n) is 2.13. The summed E-state index contributed by atoms with van der Waals surface area (Å²) in [4.78, 5) is 19.1. The van der Waals surface area contributed by atoms with Gasteiger partial charge in [0.05, 0.1) is 13.2 Å². The molecule has 24 heavy (non-hydrogen) atoms. The molecule has 0 fully saturated rings. The van der Waals surface area contributed by atoms with Crippen LogP contribution in [-0.4, -0.2) is 70.5 Å². The van der Waals surface area contributed by atoms with Crippen LogP contribution < -0.4 is 0 Å². The second-order valence-corrected chi connectivity index (χ2v) is 4.22. The van der Waals surface area contributed by atoms with Gasteiger partial charge in [-0.3, -0.25) is 0 Å². The lowest BCUT2D eigenvalue weighted by atomic mass is 10.1. The molecule has 0 aliphatic rings. The van der Waals surface area contributed by atoms with Crippen LogP contribution in [0.3, 0.4) is 0 Å². The zero-order chi connectivity index (χ0) is 19.2. The molecule has 0 rings (SSSR count). The fourth-order valence-corrected chi connectivity index (χ4v) is 0.998. The van der Waals surface area contributed by atoms with E-state index in [0.717, 1.165) is 0 Å². The van der Waals surface area contributed by atoms with Gasteiger partial charge < -0.3 is 30.3 Å². The number of aliphatic hydroxyl groups is 3. The van der Waals surface area contributed by atoms with Crippen LogP contribution in [0.2, 0.25) is 0 Å². The van der Waals surface area contributed by atoms with Crippen LogP contribution in [0, 0.1) is 5.92 Å². The van der Waals surface area contributed by atoms with Crippen LogP contribution in [0.5, 0.6) is 0 Å². The predicted molar refractivity (Wildman–Crippen MR) is 89.6 cm³/mol. The van der Waals surface area contributed by atoms with Crippen LogP contribution in [-0.2, 0) is 14.3 Å². The Labute approximate surface area is 142 Å². The van der Waals surface area contributed by atoms with E-state index in [0.29, 0.717) is 38.2 Å². The molecule has 8 nitrogen and oxygen atoms in total. The summed E-state index contributed by atoms with van der Waals surface area (Å²) in [7, 11) is 0. The van der Waals surface area contributed by atoms with E-state index in [1.54, 1.807) is 12.2 Å². The maximum absolute atomic E-state index is 9.55. The van der Waals surface area contributed by atoms with E-state index in [9.17, 15) is 9.59 Å². The Morgan fingerprint density at radius 2 is 1.33 bits per heavy atom. The molecule has 0 amide bonds. The smallest absolute Gasteiger partial charge is 0.328 e. The first-order chi connectivity index (χ1) is 11.4. The van der Waals surface area contributed by atoms with Crippen molar-refractivity contribution in [2.24, 2.45) is 5.92 Å². The first-order valence-corrected chi connectivity index (χ1v) is 7.15. The number of aliphatic carboxylic acids is 2. The molecule has 0 atom stereocenters. The number of ether oxygens (including phenoxy) is 1. The summed E-state index contributed by atoms with van der Waals surface area (Å²) in [5.74, 6) is -2.56. The highest BCUT2D eigenvalue weighted by Crippen LogP contribution is 2.02. The van der Waals surface area contributed by atoms with Crippen LogP contribution in [0.1, 0.15) is 12.8 Å². The molecule has 0 aromatic carbocycles. The van der Waals surface area contributed by atoms with Crippen LogP contribution in [0.15, 0.2) is 37.5 Å². The highest BCUT2D eigenvalue weighted by atomic mass is 16.5. The number of carboxylic acid groups (broad SMARTS) is 2. The van der Waals surface area contributed by atoms with Crippen molar-refractivity contribution in [3.63, 3.8) is 0 Å². The van der Waals surface area contributed by atoms with Gasteiger partial charge in [0, 0.05) is 37.9 Å². The molecule has 0 aliphatic carbocycles. The van der Waals surface area contributed by atoms with Gasteiger partial charge in [0.15, 0.2) is 0 Å². The first kappa shape index (κ1) is 26.9. The molecule has 0 saturated heterocycles. The number of rotatable bonds is 11. The average Bonchev–Trinajstić information content (AvgIpc) is 2.56. The van der Waals surface area contributed by atoms with Crippen molar-refractivity contribution in [2.45, 2.75) is 12.8 Å². The molecule has 0 aliphatic heterocycles. The molecule has 0 heterocycles. The minimum Gasteiger partial charge on any atom is -0.478 e. The molecule has 5 N–H and O–H groups in total. The Morgan fingerprint density at radius 1 is 0.917 bits per heavy atom. The minimum absolute atomic E-state index is 0.0104. The van der Waals surface area contributed by atoms with Gasteiger partial charge in [0.2, 0.25) is 0 Å². The van der Waals surface area contributed by atoms with Crippen molar-refractivity contribution in [1.82, 2.24) is 0 Å². The number of carboxylic acids is 2. The summed E-state index contributed by atoms with van der Waals surface area (Å²) in [5.41, 5.74) is 0. The monoisotopic (exact) mass is 348 g/mol. The van der Waals surface area contributed by atoms with Crippen LogP contribution >= 0.6 is 0 Å². The Kier molecular flexibility index (Phi) is 26.1. The van der Waals surface area contributed by atoms with Crippen molar-refractivity contribution < 1.29 is 39.9 Å². The van der Waals surface area contributed by atoms with Gasteiger partial charge in [-0.25, -0.2) is 9.59 Å². The summed E-state index contributed by atoms with van der Waals surface area (Å²) in [6.45, 7) is 8.34. The Balaban J connectivity index is -0.000000278. The quantitative estimate of drug-likeness (QED) is 0.206. The molecular formula is C16H28O8. The van der Waals surface area contributed by atoms with E-state index in [-0.39, 0.29) is 25.7 Å². The third kappa shape index (κ3) is 32.1. The normalized spacial score (nSPS) is 9.50. The molecule has 140 valence electrons. The molecule has 0 unspecified atom stereocenters. The summed E-state index contributed by atoms with van der Waals surface area (Å²) in [5, 5.41) is 41.0. The van der Waals surface area contributed by atoms with Gasteiger partial charge in [-0.1, -0.05) is 12.2 Å². The van der Waals surface area contributed by atoms with E-state index in [1.807, 2.05) is 0 Å². The van der Waals surface area contributed by atoms with E-state index < -0.39 is 11.9 Å². The number of hydrogen-bond acceptors (Lipinski definition) is 6. The van der Waals surface area contributed by atoms with Gasteiger partial charge in [-0.05, 0) is 12.8 Å². The summed E-state index contributed by atoms with van der Waals surface area (Å²) in [6, 6.07) is 0. The second-order valence-electron chi connectivity index (χ2n) is 4.22. The zero-order valence-corrected chi connectivity index (χ0v) is 13.7. The molecule has 0 aromatic rings. The lowest BCUT2D eigenvalue weighted by Gasteiger charge is -2.07. The zero-order valence-electron chi connectivity index (χ0n) is 13.7. The van der Waals surface area contributed by atoms with Crippen molar-refractivity contribution in [3.05, 3.63) is 37.5 Å². The SMILES string of the molecule is C=CCOCC=C.O=C(O)/C=C\C(=O)O.OCCCC(CO)CO. The average molecular weight is 348 g/mol. The lowest BCUT2D eigenvalue weighted by Crippen LogP contribution is -2.11. The fraction of sp³-hybridized carbons (Fsp3) is 0.500. The molecule has 0 spiro atoms. The fourth-order valence-electron chi connectivity index (χ4n) is 0.998. The standard InChI is InChI=1S/C6H14O3.C6H10O.C4H4O4/c7-3-1-2-6(4-8)5-9;1-3-5-7-6-4-2;5-3(6)1-2-4(7)8/h6-9H,1-5H2;3-4H,1-2,5-6H2;1-2H,(H,5,6)(H,7,8)/b;;2-1-. The van der Waals surface area contributed by atoms with Crippen molar-refractivity contribution >= 4 is 11.9 Å². The topological polar surface area (TPSA) is 145 Å². The summed E-state index contributed by atoms with van der Waals surface area (Å²) >= 11 is 0.